The maximum atomic E-state index is 12.4. The predicted molar refractivity (Wildman–Crippen MR) is 86.9 cm³/mol. The molecule has 0 bridgehead atoms. The molecule has 0 radical (unpaired) electrons. The number of anilines is 1. The zero-order valence-electron chi connectivity index (χ0n) is 12.5. The third-order valence-electron chi connectivity index (χ3n) is 3.80. The summed E-state index contributed by atoms with van der Waals surface area (Å²) in [7, 11) is -3.57. The third kappa shape index (κ3) is 3.09. The summed E-state index contributed by atoms with van der Waals surface area (Å²) in [4.78, 5) is 0.233. The SMILES string of the molecule is CCOc1ccc(S(=O)(=O)Nc2ccc3c(c2)CCC3)cc1. The van der Waals surface area contributed by atoms with Gasteiger partial charge in [0, 0.05) is 5.69 Å². The van der Waals surface area contributed by atoms with Gasteiger partial charge in [-0.15, -0.1) is 0 Å². The van der Waals surface area contributed by atoms with Crippen LogP contribution in [0.15, 0.2) is 47.4 Å². The summed E-state index contributed by atoms with van der Waals surface area (Å²) in [5, 5.41) is 0. The van der Waals surface area contributed by atoms with Crippen LogP contribution in [0.4, 0.5) is 5.69 Å². The van der Waals surface area contributed by atoms with Crippen molar-refractivity contribution in [3.63, 3.8) is 0 Å². The molecular formula is C17H19NO3S. The molecule has 0 aliphatic heterocycles. The molecule has 0 unspecified atom stereocenters. The van der Waals surface area contributed by atoms with Crippen molar-refractivity contribution in [1.29, 1.82) is 0 Å². The van der Waals surface area contributed by atoms with Gasteiger partial charge in [0.2, 0.25) is 0 Å². The van der Waals surface area contributed by atoms with Crippen molar-refractivity contribution < 1.29 is 13.2 Å². The topological polar surface area (TPSA) is 55.4 Å². The lowest BCUT2D eigenvalue weighted by molar-refractivity contribution is 0.340. The van der Waals surface area contributed by atoms with Gasteiger partial charge in [0.05, 0.1) is 11.5 Å². The van der Waals surface area contributed by atoms with Crippen molar-refractivity contribution in [2.45, 2.75) is 31.1 Å². The van der Waals surface area contributed by atoms with Crippen molar-refractivity contribution in [3.05, 3.63) is 53.6 Å². The first-order chi connectivity index (χ1) is 10.6. The fourth-order valence-electron chi connectivity index (χ4n) is 2.73. The molecule has 22 heavy (non-hydrogen) atoms. The maximum Gasteiger partial charge on any atom is 0.261 e. The van der Waals surface area contributed by atoms with Crippen molar-refractivity contribution >= 4 is 15.7 Å². The van der Waals surface area contributed by atoms with Gasteiger partial charge >= 0.3 is 0 Å². The van der Waals surface area contributed by atoms with Gasteiger partial charge in [0.1, 0.15) is 5.75 Å². The summed E-state index contributed by atoms with van der Waals surface area (Å²) in [5.41, 5.74) is 3.19. The zero-order chi connectivity index (χ0) is 15.6. The van der Waals surface area contributed by atoms with Crippen LogP contribution in [0.5, 0.6) is 5.75 Å². The van der Waals surface area contributed by atoms with Gasteiger partial charge in [0.25, 0.3) is 10.0 Å². The normalized spacial score (nSPS) is 13.7. The highest BCUT2D eigenvalue weighted by molar-refractivity contribution is 7.92. The van der Waals surface area contributed by atoms with Crippen LogP contribution in [0.3, 0.4) is 0 Å². The van der Waals surface area contributed by atoms with Crippen LogP contribution in [0.2, 0.25) is 0 Å². The van der Waals surface area contributed by atoms with Crippen molar-refractivity contribution in [3.8, 4) is 5.75 Å². The molecule has 2 aromatic carbocycles. The second-order valence-electron chi connectivity index (χ2n) is 5.35. The molecule has 4 nitrogen and oxygen atoms in total. The molecule has 0 heterocycles. The minimum atomic E-state index is -3.57. The number of fused-ring (bicyclic) bond motifs is 1. The summed E-state index contributed by atoms with van der Waals surface area (Å²) in [6, 6.07) is 12.2. The van der Waals surface area contributed by atoms with Gasteiger partial charge in [-0.3, -0.25) is 4.72 Å². The highest BCUT2D eigenvalue weighted by atomic mass is 32.2. The summed E-state index contributed by atoms with van der Waals surface area (Å²) in [6.07, 6.45) is 3.25. The molecule has 116 valence electrons. The molecule has 0 atom stereocenters. The van der Waals surface area contributed by atoms with E-state index in [2.05, 4.69) is 4.72 Å². The summed E-state index contributed by atoms with van der Waals surface area (Å²) in [6.45, 7) is 2.44. The Morgan fingerprint density at radius 1 is 1.05 bits per heavy atom. The van der Waals surface area contributed by atoms with Gasteiger partial charge in [-0.25, -0.2) is 8.42 Å². The standard InChI is InChI=1S/C17H19NO3S/c1-2-21-16-8-10-17(11-9-16)22(19,20)18-15-7-6-13-4-3-5-14(13)12-15/h6-12,18H,2-5H2,1H3. The lowest BCUT2D eigenvalue weighted by Crippen LogP contribution is -2.13. The molecule has 2 aromatic rings. The number of ether oxygens (including phenoxy) is 1. The molecule has 0 saturated heterocycles. The van der Waals surface area contributed by atoms with Crippen LogP contribution in [0, 0.1) is 0 Å². The van der Waals surface area contributed by atoms with E-state index >= 15 is 0 Å². The number of benzene rings is 2. The molecule has 1 aliphatic rings. The fourth-order valence-corrected chi connectivity index (χ4v) is 3.78. The van der Waals surface area contributed by atoms with E-state index in [4.69, 9.17) is 4.74 Å². The average Bonchev–Trinajstić information content (AvgIpc) is 2.95. The fraction of sp³-hybridized carbons (Fsp3) is 0.294. The largest absolute Gasteiger partial charge is 0.494 e. The Morgan fingerprint density at radius 2 is 1.77 bits per heavy atom. The quantitative estimate of drug-likeness (QED) is 0.920. The Balaban J connectivity index is 1.81. The first-order valence-corrected chi connectivity index (χ1v) is 8.94. The van der Waals surface area contributed by atoms with Crippen LogP contribution in [-0.2, 0) is 22.9 Å². The second kappa shape index (κ2) is 6.01. The van der Waals surface area contributed by atoms with Crippen molar-refractivity contribution in [2.24, 2.45) is 0 Å². The van der Waals surface area contributed by atoms with E-state index in [1.54, 1.807) is 24.3 Å². The summed E-state index contributed by atoms with van der Waals surface area (Å²) in [5.74, 6) is 0.666. The Kier molecular flexibility index (Phi) is 4.07. The van der Waals surface area contributed by atoms with Gasteiger partial charge in [-0.1, -0.05) is 6.07 Å². The smallest absolute Gasteiger partial charge is 0.261 e. The van der Waals surface area contributed by atoms with E-state index in [0.29, 0.717) is 18.0 Å². The van der Waals surface area contributed by atoms with Crippen LogP contribution < -0.4 is 9.46 Å². The van der Waals surface area contributed by atoms with E-state index in [-0.39, 0.29) is 4.90 Å². The Morgan fingerprint density at radius 3 is 2.50 bits per heavy atom. The van der Waals surface area contributed by atoms with Gasteiger partial charge in [-0.2, -0.15) is 0 Å². The van der Waals surface area contributed by atoms with E-state index in [0.717, 1.165) is 19.3 Å². The first-order valence-electron chi connectivity index (χ1n) is 7.46. The monoisotopic (exact) mass is 317 g/mol. The number of rotatable bonds is 5. The van der Waals surface area contributed by atoms with Crippen LogP contribution in [-0.4, -0.2) is 15.0 Å². The molecule has 0 saturated carbocycles. The van der Waals surface area contributed by atoms with Gasteiger partial charge in [0.15, 0.2) is 0 Å². The molecule has 1 N–H and O–H groups in total. The first kappa shape index (κ1) is 14.9. The van der Waals surface area contributed by atoms with Crippen molar-refractivity contribution in [1.82, 2.24) is 0 Å². The molecule has 0 fully saturated rings. The number of hydrogen-bond donors (Lipinski definition) is 1. The number of nitrogens with one attached hydrogen (secondary N) is 1. The minimum absolute atomic E-state index is 0.233. The van der Waals surface area contributed by atoms with Crippen molar-refractivity contribution in [2.75, 3.05) is 11.3 Å². The van der Waals surface area contributed by atoms with E-state index in [9.17, 15) is 8.42 Å². The minimum Gasteiger partial charge on any atom is -0.494 e. The number of hydrogen-bond acceptors (Lipinski definition) is 3. The molecule has 1 aliphatic carbocycles. The average molecular weight is 317 g/mol. The van der Waals surface area contributed by atoms with E-state index in [1.807, 2.05) is 25.1 Å². The van der Waals surface area contributed by atoms with Gasteiger partial charge < -0.3 is 4.74 Å². The zero-order valence-corrected chi connectivity index (χ0v) is 13.3. The van der Waals surface area contributed by atoms with E-state index < -0.39 is 10.0 Å². The predicted octanol–water partition coefficient (Wildman–Crippen LogP) is 3.37. The number of aryl methyl sites for hydroxylation is 2. The lowest BCUT2D eigenvalue weighted by Gasteiger charge is -2.10. The number of sulfonamides is 1. The lowest BCUT2D eigenvalue weighted by atomic mass is 10.1. The molecule has 3 rings (SSSR count). The third-order valence-corrected chi connectivity index (χ3v) is 5.19. The Hall–Kier alpha value is -2.01. The maximum absolute atomic E-state index is 12.4. The van der Waals surface area contributed by atoms with Crippen LogP contribution in [0.25, 0.3) is 0 Å². The molecule has 0 amide bonds. The second-order valence-corrected chi connectivity index (χ2v) is 7.03. The molecule has 0 spiro atoms. The highest BCUT2D eigenvalue weighted by Gasteiger charge is 2.16. The van der Waals surface area contributed by atoms with Gasteiger partial charge in [-0.05, 0) is 73.7 Å². The summed E-state index contributed by atoms with van der Waals surface area (Å²) >= 11 is 0. The molecular weight excluding hydrogens is 298 g/mol. The molecule has 5 heteroatoms. The Labute approximate surface area is 131 Å². The van der Waals surface area contributed by atoms with Crippen LogP contribution in [0.1, 0.15) is 24.5 Å². The van der Waals surface area contributed by atoms with Crippen LogP contribution >= 0.6 is 0 Å². The summed E-state index contributed by atoms with van der Waals surface area (Å²) < 4.78 is 32.8. The highest BCUT2D eigenvalue weighted by Crippen LogP contribution is 2.26. The Bertz CT molecular complexity index is 767. The molecule has 0 aromatic heterocycles. The van der Waals surface area contributed by atoms with E-state index in [1.165, 1.54) is 11.1 Å².